The van der Waals surface area contributed by atoms with Crippen LogP contribution >= 0.6 is 22.9 Å². The Morgan fingerprint density at radius 2 is 1.89 bits per heavy atom. The van der Waals surface area contributed by atoms with Gasteiger partial charge >= 0.3 is 0 Å². The van der Waals surface area contributed by atoms with Crippen molar-refractivity contribution in [2.45, 2.75) is 12.8 Å². The highest BCUT2D eigenvalue weighted by atomic mass is 35.5. The number of nitrogens with one attached hydrogen (secondary N) is 2. The van der Waals surface area contributed by atoms with E-state index in [1.165, 1.54) is 11.3 Å². The highest BCUT2D eigenvalue weighted by molar-refractivity contribution is 7.22. The Balaban J connectivity index is 1.21. The van der Waals surface area contributed by atoms with Gasteiger partial charge in [-0.1, -0.05) is 22.9 Å². The summed E-state index contributed by atoms with van der Waals surface area (Å²) in [5.41, 5.74) is 2.88. The molecule has 194 valence electrons. The molecule has 1 fully saturated rings. The number of carbonyl (C=O) groups excluding carboxylic acids is 2. The van der Waals surface area contributed by atoms with Crippen LogP contribution in [0.3, 0.4) is 0 Å². The maximum absolute atomic E-state index is 12.8. The molecule has 0 radical (unpaired) electrons. The number of hydrogen-bond donors (Lipinski definition) is 2. The van der Waals surface area contributed by atoms with E-state index in [0.717, 1.165) is 48.2 Å². The maximum atomic E-state index is 12.8. The molecule has 2 N–H and O–H groups in total. The van der Waals surface area contributed by atoms with Crippen molar-refractivity contribution in [1.29, 1.82) is 0 Å². The van der Waals surface area contributed by atoms with E-state index in [2.05, 4.69) is 39.6 Å². The van der Waals surface area contributed by atoms with Crippen molar-refractivity contribution < 1.29 is 9.59 Å². The van der Waals surface area contributed by atoms with E-state index >= 15 is 0 Å². The fraction of sp³-hybridized carbons (Fsp3) is 0.385. The zero-order valence-electron chi connectivity index (χ0n) is 21.1. The molecule has 1 saturated heterocycles. The van der Waals surface area contributed by atoms with E-state index in [0.29, 0.717) is 33.1 Å². The third-order valence-electron chi connectivity index (χ3n) is 6.70. The third-order valence-corrected chi connectivity index (χ3v) is 7.87. The van der Waals surface area contributed by atoms with E-state index in [1.54, 1.807) is 12.1 Å². The van der Waals surface area contributed by atoms with Gasteiger partial charge in [-0.15, -0.1) is 0 Å². The molecule has 2 aromatic heterocycles. The van der Waals surface area contributed by atoms with Gasteiger partial charge in [0, 0.05) is 37.3 Å². The van der Waals surface area contributed by atoms with Crippen LogP contribution in [0.2, 0.25) is 5.02 Å². The Hall–Kier alpha value is -3.21. The summed E-state index contributed by atoms with van der Waals surface area (Å²) in [4.78, 5) is 38.8. The number of halogens is 1. The van der Waals surface area contributed by atoms with E-state index in [1.807, 2.05) is 40.8 Å². The Labute approximate surface area is 224 Å². The fourth-order valence-corrected chi connectivity index (χ4v) is 5.89. The molecule has 2 aromatic carbocycles. The zero-order chi connectivity index (χ0) is 26.1. The summed E-state index contributed by atoms with van der Waals surface area (Å²) in [7, 11) is 6.06. The van der Waals surface area contributed by atoms with Crippen LogP contribution in [0.1, 0.15) is 23.2 Å². The van der Waals surface area contributed by atoms with Crippen LogP contribution in [0.25, 0.3) is 21.3 Å². The lowest BCUT2D eigenvalue weighted by Crippen LogP contribution is -2.45. The van der Waals surface area contributed by atoms with Crippen LogP contribution in [-0.4, -0.2) is 76.4 Å². The van der Waals surface area contributed by atoms with Crippen molar-refractivity contribution in [3.63, 3.8) is 0 Å². The van der Waals surface area contributed by atoms with Crippen molar-refractivity contribution in [2.24, 2.45) is 13.0 Å². The predicted octanol–water partition coefficient (Wildman–Crippen LogP) is 4.11. The predicted molar refractivity (Wildman–Crippen MR) is 149 cm³/mol. The number of benzene rings is 2. The molecule has 1 aliphatic heterocycles. The summed E-state index contributed by atoms with van der Waals surface area (Å²) in [5.74, 6) is 0.900. The van der Waals surface area contributed by atoms with Gasteiger partial charge in [0.2, 0.25) is 11.9 Å². The number of rotatable bonds is 7. The molecular formula is C26H30ClN7O2S. The number of imidazole rings is 1. The number of aryl methyl sites for hydroxylation is 1. The first kappa shape index (κ1) is 25.4. The number of thiazole rings is 1. The molecule has 0 unspecified atom stereocenters. The summed E-state index contributed by atoms with van der Waals surface area (Å²) in [6, 6.07) is 10.9. The minimum absolute atomic E-state index is 0.00807. The van der Waals surface area contributed by atoms with Crippen LogP contribution in [-0.2, 0) is 11.8 Å². The Kier molecular flexibility index (Phi) is 7.32. The van der Waals surface area contributed by atoms with E-state index in [9.17, 15) is 9.59 Å². The molecule has 0 bridgehead atoms. The van der Waals surface area contributed by atoms with Crippen molar-refractivity contribution in [1.82, 2.24) is 29.7 Å². The van der Waals surface area contributed by atoms with Crippen LogP contribution in [0.5, 0.6) is 0 Å². The Morgan fingerprint density at radius 1 is 1.11 bits per heavy atom. The monoisotopic (exact) mass is 539 g/mol. The average Bonchev–Trinajstić information content (AvgIpc) is 3.41. The summed E-state index contributed by atoms with van der Waals surface area (Å²) >= 11 is 7.59. The molecule has 5 rings (SSSR count). The van der Waals surface area contributed by atoms with Crippen molar-refractivity contribution in [3.8, 4) is 0 Å². The second-order valence-electron chi connectivity index (χ2n) is 9.72. The smallest absolute Gasteiger partial charge is 0.251 e. The number of carbonyl (C=O) groups is 2. The quantitative estimate of drug-likeness (QED) is 0.367. The highest BCUT2D eigenvalue weighted by Gasteiger charge is 2.23. The van der Waals surface area contributed by atoms with Gasteiger partial charge in [0.1, 0.15) is 0 Å². The summed E-state index contributed by atoms with van der Waals surface area (Å²) in [6.45, 7) is 2.52. The topological polar surface area (TPSA) is 95.4 Å². The van der Waals surface area contributed by atoms with Crippen molar-refractivity contribution in [3.05, 3.63) is 47.0 Å². The van der Waals surface area contributed by atoms with Gasteiger partial charge in [0.05, 0.1) is 27.8 Å². The Morgan fingerprint density at radius 3 is 2.65 bits per heavy atom. The van der Waals surface area contributed by atoms with Gasteiger partial charge in [-0.3, -0.25) is 9.59 Å². The number of anilines is 2. The fourth-order valence-electron chi connectivity index (χ4n) is 4.75. The molecule has 9 nitrogen and oxygen atoms in total. The van der Waals surface area contributed by atoms with Gasteiger partial charge in [-0.2, -0.15) is 0 Å². The number of likely N-dealkylation sites (tertiary alicyclic amines) is 1. The molecule has 0 spiro atoms. The number of hydrogen-bond acceptors (Lipinski definition) is 7. The summed E-state index contributed by atoms with van der Waals surface area (Å²) in [5, 5.41) is 7.42. The van der Waals surface area contributed by atoms with Gasteiger partial charge < -0.3 is 25.0 Å². The van der Waals surface area contributed by atoms with Gasteiger partial charge in [0.25, 0.3) is 5.91 Å². The lowest BCUT2D eigenvalue weighted by atomic mass is 9.96. The molecular weight excluding hydrogens is 510 g/mol. The average molecular weight is 540 g/mol. The first-order valence-corrected chi connectivity index (χ1v) is 13.5. The highest BCUT2D eigenvalue weighted by Crippen LogP contribution is 2.31. The van der Waals surface area contributed by atoms with Gasteiger partial charge in [0.15, 0.2) is 5.13 Å². The second-order valence-corrected chi connectivity index (χ2v) is 11.2. The van der Waals surface area contributed by atoms with Crippen molar-refractivity contribution >= 4 is 67.1 Å². The number of amides is 2. The first-order valence-electron chi connectivity index (χ1n) is 12.3. The summed E-state index contributed by atoms with van der Waals surface area (Å²) < 4.78 is 2.90. The standard InChI is InChI=1S/C26H30ClN7O2S/c1-32(2)15-16-8-10-34(11-9-16)23(35)14-28-24(36)17-4-7-21-20(12-17)29-25(33(21)3)31-26-30-19-6-5-18(27)13-22(19)37-26/h4-7,12-13,16H,8-11,14-15H2,1-3H3,(H,28,36)(H,29,30,31). The first-order chi connectivity index (χ1) is 17.8. The van der Waals surface area contributed by atoms with Crippen LogP contribution in [0, 0.1) is 5.92 Å². The molecule has 2 amide bonds. The van der Waals surface area contributed by atoms with Gasteiger partial charge in [-0.25, -0.2) is 9.97 Å². The third kappa shape index (κ3) is 5.71. The summed E-state index contributed by atoms with van der Waals surface area (Å²) in [6.07, 6.45) is 1.99. The largest absolute Gasteiger partial charge is 0.343 e. The van der Waals surface area contributed by atoms with Crippen LogP contribution in [0.4, 0.5) is 11.1 Å². The van der Waals surface area contributed by atoms with Gasteiger partial charge in [-0.05, 0) is 69.3 Å². The molecule has 11 heteroatoms. The van der Waals surface area contributed by atoms with E-state index in [4.69, 9.17) is 11.6 Å². The SMILES string of the molecule is CN(C)CC1CCN(C(=O)CNC(=O)c2ccc3c(c2)nc(Nc2nc4ccc(Cl)cc4s2)n3C)CC1. The minimum atomic E-state index is -0.291. The Bertz CT molecular complexity index is 1460. The van der Waals surface area contributed by atoms with Crippen LogP contribution in [0.15, 0.2) is 36.4 Å². The minimum Gasteiger partial charge on any atom is -0.343 e. The van der Waals surface area contributed by atoms with E-state index < -0.39 is 0 Å². The zero-order valence-corrected chi connectivity index (χ0v) is 22.7. The maximum Gasteiger partial charge on any atom is 0.251 e. The number of piperidine rings is 1. The lowest BCUT2D eigenvalue weighted by molar-refractivity contribution is -0.131. The molecule has 0 atom stereocenters. The second kappa shape index (κ2) is 10.6. The number of fused-ring (bicyclic) bond motifs is 2. The normalized spacial score (nSPS) is 14.6. The molecule has 3 heterocycles. The molecule has 4 aromatic rings. The van der Waals surface area contributed by atoms with Crippen LogP contribution < -0.4 is 10.6 Å². The van der Waals surface area contributed by atoms with Crippen molar-refractivity contribution in [2.75, 3.05) is 45.6 Å². The van der Waals surface area contributed by atoms with E-state index in [-0.39, 0.29) is 18.4 Å². The number of nitrogens with zero attached hydrogens (tertiary/aromatic N) is 5. The number of aromatic nitrogens is 3. The molecule has 0 saturated carbocycles. The molecule has 1 aliphatic rings. The lowest BCUT2D eigenvalue weighted by Gasteiger charge is -2.33. The molecule has 37 heavy (non-hydrogen) atoms. The molecule has 0 aliphatic carbocycles.